The third-order valence-electron chi connectivity index (χ3n) is 7.96. The Labute approximate surface area is 215 Å². The van der Waals surface area contributed by atoms with Crippen molar-refractivity contribution in [1.82, 2.24) is 0 Å². The summed E-state index contributed by atoms with van der Waals surface area (Å²) < 4.78 is 12.3. The average molecular weight is 481 g/mol. The summed E-state index contributed by atoms with van der Waals surface area (Å²) in [6, 6.07) is 13.6. The predicted molar refractivity (Wildman–Crippen MR) is 148 cm³/mol. The molecule has 0 N–H and O–H groups in total. The first-order valence-electron chi connectivity index (χ1n) is 13.2. The summed E-state index contributed by atoms with van der Waals surface area (Å²) in [6.45, 7) is 12.0. The highest BCUT2D eigenvalue weighted by atomic mass is 16.5. The minimum absolute atomic E-state index is 0.486. The molecular weight excluding hydrogens is 444 g/mol. The molecule has 1 saturated heterocycles. The van der Waals surface area contributed by atoms with Crippen molar-refractivity contribution in [2.75, 3.05) is 36.4 Å². The topological polar surface area (TPSA) is 24.9 Å². The van der Waals surface area contributed by atoms with Crippen molar-refractivity contribution in [3.63, 3.8) is 0 Å². The number of rotatable bonds is 3. The Bertz CT molecular complexity index is 1270. The maximum Gasteiger partial charge on any atom is 0.161 e. The van der Waals surface area contributed by atoms with Crippen LogP contribution in [0, 0.1) is 25.7 Å². The maximum absolute atomic E-state index is 6.18. The van der Waals surface area contributed by atoms with Gasteiger partial charge in [-0.25, -0.2) is 0 Å². The van der Waals surface area contributed by atoms with Gasteiger partial charge < -0.3 is 19.3 Å². The lowest BCUT2D eigenvalue weighted by atomic mass is 9.93. The van der Waals surface area contributed by atoms with Gasteiger partial charge in [-0.15, -0.1) is 0 Å². The molecule has 2 atom stereocenters. The number of aryl methyl sites for hydroxylation is 2. The molecule has 0 amide bonds. The third-order valence-corrected chi connectivity index (χ3v) is 7.96. The molecule has 2 aromatic rings. The molecule has 186 valence electrons. The van der Waals surface area contributed by atoms with E-state index in [-0.39, 0.29) is 0 Å². The first-order chi connectivity index (χ1) is 17.5. The summed E-state index contributed by atoms with van der Waals surface area (Å²) in [5.74, 6) is 3.33. The molecule has 2 unspecified atom stereocenters. The summed E-state index contributed by atoms with van der Waals surface area (Å²) in [6.07, 6.45) is 11.3. The quantitative estimate of drug-likeness (QED) is 0.462. The number of nitrogens with zero attached hydrogens (tertiary/aromatic N) is 2. The molecule has 2 aliphatic carbocycles. The van der Waals surface area contributed by atoms with Crippen molar-refractivity contribution >= 4 is 11.4 Å². The second kappa shape index (κ2) is 9.24. The van der Waals surface area contributed by atoms with Crippen molar-refractivity contribution in [3.05, 3.63) is 94.5 Å². The third kappa shape index (κ3) is 4.23. The van der Waals surface area contributed by atoms with E-state index in [1.54, 1.807) is 0 Å². The van der Waals surface area contributed by atoms with Crippen molar-refractivity contribution in [1.29, 1.82) is 0 Å². The minimum Gasteiger partial charge on any atom is -0.477 e. The van der Waals surface area contributed by atoms with E-state index < -0.39 is 0 Å². The van der Waals surface area contributed by atoms with Gasteiger partial charge in [-0.2, -0.15) is 0 Å². The first kappa shape index (κ1) is 23.0. The molecule has 2 aliphatic heterocycles. The smallest absolute Gasteiger partial charge is 0.161 e. The number of hydrogen-bond donors (Lipinski definition) is 0. The molecule has 2 aromatic carbocycles. The van der Waals surface area contributed by atoms with Crippen LogP contribution in [0.2, 0.25) is 0 Å². The Balaban J connectivity index is 1.21. The zero-order valence-corrected chi connectivity index (χ0v) is 21.9. The molecule has 0 saturated carbocycles. The number of benzene rings is 2. The Morgan fingerprint density at radius 2 is 1.47 bits per heavy atom. The van der Waals surface area contributed by atoms with Crippen LogP contribution in [0.1, 0.15) is 37.8 Å². The van der Waals surface area contributed by atoms with Crippen molar-refractivity contribution in [3.8, 4) is 11.1 Å². The van der Waals surface area contributed by atoms with Crippen LogP contribution in [0.4, 0.5) is 11.4 Å². The van der Waals surface area contributed by atoms with Crippen LogP contribution in [-0.4, -0.2) is 26.6 Å². The van der Waals surface area contributed by atoms with E-state index in [1.165, 1.54) is 50.5 Å². The Morgan fingerprint density at radius 3 is 2.17 bits per heavy atom. The summed E-state index contributed by atoms with van der Waals surface area (Å²) in [5.41, 5.74) is 10.2. The molecule has 4 nitrogen and oxygen atoms in total. The van der Waals surface area contributed by atoms with Gasteiger partial charge in [-0.3, -0.25) is 0 Å². The van der Waals surface area contributed by atoms with Crippen LogP contribution in [0.15, 0.2) is 83.4 Å². The largest absolute Gasteiger partial charge is 0.477 e. The fraction of sp³-hybridized carbons (Fsp3) is 0.375. The molecule has 1 fully saturated rings. The van der Waals surface area contributed by atoms with Gasteiger partial charge in [0.1, 0.15) is 11.5 Å². The Morgan fingerprint density at radius 1 is 0.806 bits per heavy atom. The lowest BCUT2D eigenvalue weighted by Crippen LogP contribution is -2.35. The molecule has 0 spiro atoms. The van der Waals surface area contributed by atoms with Crippen LogP contribution < -0.4 is 9.80 Å². The minimum atomic E-state index is 0.486. The number of allylic oxidation sites excluding steroid dienone is 4. The van der Waals surface area contributed by atoms with Crippen LogP contribution in [0.25, 0.3) is 11.1 Å². The molecule has 0 aromatic heterocycles. The highest BCUT2D eigenvalue weighted by molar-refractivity contribution is 5.75. The average Bonchev–Trinajstić information content (AvgIpc) is 2.88. The van der Waals surface area contributed by atoms with Crippen molar-refractivity contribution in [2.24, 2.45) is 11.8 Å². The maximum atomic E-state index is 6.18. The van der Waals surface area contributed by atoms with Crippen LogP contribution in [0.3, 0.4) is 0 Å². The summed E-state index contributed by atoms with van der Waals surface area (Å²) in [4.78, 5) is 4.65. The van der Waals surface area contributed by atoms with Crippen molar-refractivity contribution in [2.45, 2.75) is 40.5 Å². The van der Waals surface area contributed by atoms with Gasteiger partial charge in [0.05, 0.1) is 0 Å². The molecule has 6 rings (SSSR count). The molecule has 2 heterocycles. The van der Waals surface area contributed by atoms with E-state index in [0.29, 0.717) is 25.3 Å². The summed E-state index contributed by atoms with van der Waals surface area (Å²) >= 11 is 0. The SMILES string of the molecule is Cc1cc(N2COC3=CCC(C)C=C3C2)ccc1-c1ccc(N2COC3=C(C=CCC3C)C2)cc1C. The van der Waals surface area contributed by atoms with Crippen LogP contribution in [-0.2, 0) is 9.47 Å². The fourth-order valence-electron chi connectivity index (χ4n) is 5.91. The van der Waals surface area contributed by atoms with Gasteiger partial charge in [0.15, 0.2) is 13.5 Å². The highest BCUT2D eigenvalue weighted by Crippen LogP contribution is 2.36. The molecule has 0 bridgehead atoms. The van der Waals surface area contributed by atoms with Crippen LogP contribution in [0.5, 0.6) is 0 Å². The summed E-state index contributed by atoms with van der Waals surface area (Å²) in [7, 11) is 0. The second-order valence-electron chi connectivity index (χ2n) is 10.8. The van der Waals surface area contributed by atoms with Gasteiger partial charge in [-0.1, -0.05) is 44.2 Å². The summed E-state index contributed by atoms with van der Waals surface area (Å²) in [5, 5.41) is 0. The van der Waals surface area contributed by atoms with Gasteiger partial charge in [0.2, 0.25) is 0 Å². The van der Waals surface area contributed by atoms with Gasteiger partial charge >= 0.3 is 0 Å². The highest BCUT2D eigenvalue weighted by Gasteiger charge is 2.26. The molecular formula is C32H36N2O2. The number of anilines is 2. The van der Waals surface area contributed by atoms with Crippen LogP contribution >= 0.6 is 0 Å². The van der Waals surface area contributed by atoms with E-state index in [4.69, 9.17) is 9.47 Å². The number of hydrogen-bond acceptors (Lipinski definition) is 4. The van der Waals surface area contributed by atoms with E-state index in [1.807, 2.05) is 0 Å². The lowest BCUT2D eigenvalue weighted by Gasteiger charge is -2.35. The van der Waals surface area contributed by atoms with E-state index >= 15 is 0 Å². The van der Waals surface area contributed by atoms with Gasteiger partial charge in [0, 0.05) is 41.5 Å². The Hall–Kier alpha value is -3.40. The zero-order valence-electron chi connectivity index (χ0n) is 21.9. The van der Waals surface area contributed by atoms with Gasteiger partial charge in [0.25, 0.3) is 0 Å². The number of ether oxygens (including phenoxy) is 2. The molecule has 0 radical (unpaired) electrons. The number of fused-ring (bicyclic) bond motifs is 1. The van der Waals surface area contributed by atoms with Gasteiger partial charge in [-0.05, 0) is 85.2 Å². The van der Waals surface area contributed by atoms with E-state index in [9.17, 15) is 0 Å². The lowest BCUT2D eigenvalue weighted by molar-refractivity contribution is 0.164. The van der Waals surface area contributed by atoms with Crippen molar-refractivity contribution < 1.29 is 9.47 Å². The molecule has 4 aliphatic rings. The molecule has 36 heavy (non-hydrogen) atoms. The monoisotopic (exact) mass is 480 g/mol. The fourth-order valence-corrected chi connectivity index (χ4v) is 5.91. The Kier molecular flexibility index (Phi) is 5.91. The van der Waals surface area contributed by atoms with E-state index in [0.717, 1.165) is 31.7 Å². The zero-order chi connectivity index (χ0) is 24.8. The normalized spacial score (nSPS) is 23.3. The second-order valence-corrected chi connectivity index (χ2v) is 10.8. The first-order valence-corrected chi connectivity index (χ1v) is 13.2. The standard InChI is InChI=1S/C32H36N2O2/c1-21-8-13-31-26(14-21)18-34(19-35-31)28-10-12-30(24(4)16-28)29-11-9-27(15-23(29)3)33-17-25-7-5-6-22(2)32(25)36-20-33/h5,7,9-16,21-22H,6,8,17-20H2,1-4H3. The van der Waals surface area contributed by atoms with E-state index in [2.05, 4.69) is 98.2 Å². The predicted octanol–water partition coefficient (Wildman–Crippen LogP) is 7.26. The molecule has 4 heteroatoms.